The molecule has 1 N–H and O–H groups in total. The number of pyridine rings is 1. The van der Waals surface area contributed by atoms with Crippen molar-refractivity contribution in [2.45, 2.75) is 13.2 Å². The molecule has 0 fully saturated rings. The molecule has 1 heterocycles. The van der Waals surface area contributed by atoms with Crippen molar-refractivity contribution < 1.29 is 14.6 Å². The summed E-state index contributed by atoms with van der Waals surface area (Å²) in [5.41, 5.74) is 1.63. The number of aliphatic hydroxyl groups is 1. The molecule has 1 aromatic heterocycles. The van der Waals surface area contributed by atoms with E-state index < -0.39 is 0 Å². The Morgan fingerprint density at radius 1 is 1.32 bits per heavy atom. The van der Waals surface area contributed by atoms with Crippen LogP contribution in [0.2, 0.25) is 0 Å². The third-order valence-corrected chi connectivity index (χ3v) is 3.03. The minimum atomic E-state index is -0.0940. The van der Waals surface area contributed by atoms with Gasteiger partial charge in [0, 0.05) is 28.0 Å². The number of benzene rings is 1. The van der Waals surface area contributed by atoms with Gasteiger partial charge >= 0.3 is 0 Å². The van der Waals surface area contributed by atoms with Crippen molar-refractivity contribution in [3.05, 3.63) is 52.3 Å². The van der Waals surface area contributed by atoms with E-state index in [1.807, 2.05) is 12.1 Å². The average Bonchev–Trinajstić information content (AvgIpc) is 2.44. The highest BCUT2D eigenvalue weighted by atomic mass is 79.9. The number of methoxy groups -OCH3 is 1. The summed E-state index contributed by atoms with van der Waals surface area (Å²) in [5.74, 6) is 1.17. The predicted octanol–water partition coefficient (Wildman–Crippen LogP) is 2.92. The number of ether oxygens (including phenoxy) is 2. The third-order valence-electron chi connectivity index (χ3n) is 2.60. The Balaban J connectivity index is 2.19. The lowest BCUT2D eigenvalue weighted by atomic mass is 10.2. The number of rotatable bonds is 5. The van der Waals surface area contributed by atoms with E-state index in [1.54, 1.807) is 31.6 Å². The Morgan fingerprint density at radius 3 is 2.84 bits per heavy atom. The minimum absolute atomic E-state index is 0.0940. The van der Waals surface area contributed by atoms with E-state index in [-0.39, 0.29) is 6.61 Å². The first-order chi connectivity index (χ1) is 9.24. The topological polar surface area (TPSA) is 51.6 Å². The standard InChI is InChI=1S/C14H14BrNO3/c1-18-13-4-2-3-11(8-17)14(13)19-9-10-5-12(15)7-16-6-10/h2-7,17H,8-9H2,1H3. The molecule has 0 aliphatic carbocycles. The highest BCUT2D eigenvalue weighted by molar-refractivity contribution is 9.10. The molecule has 0 atom stereocenters. The Hall–Kier alpha value is -1.59. The second-order valence-corrected chi connectivity index (χ2v) is 4.82. The van der Waals surface area contributed by atoms with E-state index >= 15 is 0 Å². The number of nitrogens with zero attached hydrogens (tertiary/aromatic N) is 1. The maximum Gasteiger partial charge on any atom is 0.167 e. The van der Waals surface area contributed by atoms with E-state index in [0.29, 0.717) is 23.7 Å². The second-order valence-electron chi connectivity index (χ2n) is 3.91. The second kappa shape index (κ2) is 6.54. The fraction of sp³-hybridized carbons (Fsp3) is 0.214. The molecular formula is C14H14BrNO3. The van der Waals surface area contributed by atoms with Crippen LogP contribution >= 0.6 is 15.9 Å². The highest BCUT2D eigenvalue weighted by Gasteiger charge is 2.10. The number of aromatic nitrogens is 1. The lowest BCUT2D eigenvalue weighted by molar-refractivity contribution is 0.249. The maximum atomic E-state index is 9.32. The summed E-state index contributed by atoms with van der Waals surface area (Å²) in [6.45, 7) is 0.267. The molecule has 0 spiro atoms. The maximum absolute atomic E-state index is 9.32. The van der Waals surface area contributed by atoms with Crippen LogP contribution in [0.15, 0.2) is 41.1 Å². The van der Waals surface area contributed by atoms with Gasteiger partial charge in [0.1, 0.15) is 6.61 Å². The van der Waals surface area contributed by atoms with Gasteiger partial charge in [-0.1, -0.05) is 12.1 Å². The molecule has 2 rings (SSSR count). The van der Waals surface area contributed by atoms with Gasteiger partial charge < -0.3 is 14.6 Å². The van der Waals surface area contributed by atoms with Crippen LogP contribution in [0.25, 0.3) is 0 Å². The third kappa shape index (κ3) is 3.45. The number of hydrogen-bond acceptors (Lipinski definition) is 4. The van der Waals surface area contributed by atoms with Crippen LogP contribution < -0.4 is 9.47 Å². The van der Waals surface area contributed by atoms with Gasteiger partial charge in [0.05, 0.1) is 13.7 Å². The van der Waals surface area contributed by atoms with Gasteiger partial charge in [0.25, 0.3) is 0 Å². The molecule has 0 unspecified atom stereocenters. The van der Waals surface area contributed by atoms with E-state index in [1.165, 1.54) is 0 Å². The Bertz CT molecular complexity index is 538. The van der Waals surface area contributed by atoms with Crippen molar-refractivity contribution in [1.29, 1.82) is 0 Å². The van der Waals surface area contributed by atoms with Gasteiger partial charge in [-0.15, -0.1) is 0 Å². The Labute approximate surface area is 120 Å². The van der Waals surface area contributed by atoms with Crippen LogP contribution in [-0.4, -0.2) is 17.2 Å². The van der Waals surface area contributed by atoms with E-state index in [2.05, 4.69) is 20.9 Å². The van der Waals surface area contributed by atoms with Crippen LogP contribution in [0, 0.1) is 0 Å². The molecule has 0 saturated carbocycles. The predicted molar refractivity (Wildman–Crippen MR) is 75.2 cm³/mol. The van der Waals surface area contributed by atoms with Crippen LogP contribution in [0.1, 0.15) is 11.1 Å². The molecule has 100 valence electrons. The summed E-state index contributed by atoms with van der Waals surface area (Å²) >= 11 is 3.36. The SMILES string of the molecule is COc1cccc(CO)c1OCc1cncc(Br)c1. The smallest absolute Gasteiger partial charge is 0.167 e. The molecule has 0 radical (unpaired) electrons. The molecular weight excluding hydrogens is 310 g/mol. The summed E-state index contributed by atoms with van der Waals surface area (Å²) in [4.78, 5) is 4.07. The monoisotopic (exact) mass is 323 g/mol. The average molecular weight is 324 g/mol. The summed E-state index contributed by atoms with van der Waals surface area (Å²) in [5, 5.41) is 9.32. The van der Waals surface area contributed by atoms with Crippen LogP contribution in [0.5, 0.6) is 11.5 Å². The largest absolute Gasteiger partial charge is 0.493 e. The number of para-hydroxylation sites is 1. The normalized spacial score (nSPS) is 10.3. The number of hydrogen-bond donors (Lipinski definition) is 1. The first kappa shape index (κ1) is 13.8. The van der Waals surface area contributed by atoms with Crippen LogP contribution in [0.3, 0.4) is 0 Å². The zero-order valence-corrected chi connectivity index (χ0v) is 12.1. The lowest BCUT2D eigenvalue weighted by Gasteiger charge is -2.13. The number of aliphatic hydroxyl groups excluding tert-OH is 1. The molecule has 0 amide bonds. The van der Waals surface area contributed by atoms with Crippen molar-refractivity contribution in [2.24, 2.45) is 0 Å². The fourth-order valence-electron chi connectivity index (χ4n) is 1.70. The molecule has 19 heavy (non-hydrogen) atoms. The van der Waals surface area contributed by atoms with Gasteiger partial charge in [-0.05, 0) is 28.1 Å². The minimum Gasteiger partial charge on any atom is -0.493 e. The van der Waals surface area contributed by atoms with Crippen molar-refractivity contribution in [2.75, 3.05) is 7.11 Å². The Morgan fingerprint density at radius 2 is 2.16 bits per heavy atom. The summed E-state index contributed by atoms with van der Waals surface area (Å²) in [6.07, 6.45) is 3.45. The van der Waals surface area contributed by atoms with E-state index in [9.17, 15) is 5.11 Å². The van der Waals surface area contributed by atoms with Crippen molar-refractivity contribution in [3.8, 4) is 11.5 Å². The van der Waals surface area contributed by atoms with Crippen molar-refractivity contribution in [3.63, 3.8) is 0 Å². The van der Waals surface area contributed by atoms with Gasteiger partial charge in [-0.2, -0.15) is 0 Å². The van der Waals surface area contributed by atoms with Gasteiger partial charge in [-0.25, -0.2) is 0 Å². The molecule has 2 aromatic rings. The highest BCUT2D eigenvalue weighted by Crippen LogP contribution is 2.31. The van der Waals surface area contributed by atoms with Gasteiger partial charge in [-0.3, -0.25) is 4.98 Å². The summed E-state index contributed by atoms with van der Waals surface area (Å²) in [7, 11) is 1.57. The first-order valence-corrected chi connectivity index (χ1v) is 6.53. The van der Waals surface area contributed by atoms with Crippen LogP contribution in [0.4, 0.5) is 0 Å². The van der Waals surface area contributed by atoms with Crippen molar-refractivity contribution >= 4 is 15.9 Å². The first-order valence-electron chi connectivity index (χ1n) is 5.73. The molecule has 0 bridgehead atoms. The van der Waals surface area contributed by atoms with Gasteiger partial charge in [0.15, 0.2) is 11.5 Å². The molecule has 4 nitrogen and oxygen atoms in total. The zero-order chi connectivity index (χ0) is 13.7. The zero-order valence-electron chi connectivity index (χ0n) is 10.5. The van der Waals surface area contributed by atoms with Crippen molar-refractivity contribution in [1.82, 2.24) is 4.98 Å². The van der Waals surface area contributed by atoms with E-state index in [0.717, 1.165) is 10.0 Å². The molecule has 5 heteroatoms. The van der Waals surface area contributed by atoms with Crippen LogP contribution in [-0.2, 0) is 13.2 Å². The lowest BCUT2D eigenvalue weighted by Crippen LogP contribution is -2.01. The summed E-state index contributed by atoms with van der Waals surface area (Å²) < 4.78 is 11.9. The summed E-state index contributed by atoms with van der Waals surface area (Å²) in [6, 6.07) is 7.35. The fourth-order valence-corrected chi connectivity index (χ4v) is 2.11. The molecule has 0 aliphatic rings. The van der Waals surface area contributed by atoms with E-state index in [4.69, 9.17) is 9.47 Å². The van der Waals surface area contributed by atoms with Gasteiger partial charge in [0.2, 0.25) is 0 Å². The quantitative estimate of drug-likeness (QED) is 0.919. The molecule has 0 aliphatic heterocycles. The molecule has 0 saturated heterocycles. The Kier molecular flexibility index (Phi) is 4.76. The molecule has 1 aromatic carbocycles. The number of halogens is 1.